The zero-order valence-corrected chi connectivity index (χ0v) is 10.7. The Morgan fingerprint density at radius 1 is 1.42 bits per heavy atom. The molecule has 0 spiro atoms. The van der Waals surface area contributed by atoms with Crippen LogP contribution in [0.2, 0.25) is 0 Å². The molecule has 0 radical (unpaired) electrons. The van der Waals surface area contributed by atoms with Crippen molar-refractivity contribution in [3.63, 3.8) is 0 Å². The molecular weight excluding hydrogens is 252 g/mol. The lowest BCUT2D eigenvalue weighted by Crippen LogP contribution is -2.25. The highest BCUT2D eigenvalue weighted by molar-refractivity contribution is 5.88. The SMILES string of the molecule is COC(=O)C(C)OC(=O)c1nc2nccc(C)n2n1. The first-order valence-corrected chi connectivity index (χ1v) is 5.50. The summed E-state index contributed by atoms with van der Waals surface area (Å²) >= 11 is 0. The van der Waals surface area contributed by atoms with Crippen LogP contribution in [0.25, 0.3) is 5.78 Å². The van der Waals surface area contributed by atoms with Gasteiger partial charge in [-0.05, 0) is 19.9 Å². The number of methoxy groups -OCH3 is 1. The fraction of sp³-hybridized carbons (Fsp3) is 0.364. The van der Waals surface area contributed by atoms with E-state index in [1.807, 2.05) is 0 Å². The van der Waals surface area contributed by atoms with Crippen LogP contribution in [0, 0.1) is 6.92 Å². The van der Waals surface area contributed by atoms with Crippen LogP contribution < -0.4 is 0 Å². The molecule has 2 rings (SSSR count). The molecule has 19 heavy (non-hydrogen) atoms. The van der Waals surface area contributed by atoms with Gasteiger partial charge in [0.2, 0.25) is 0 Å². The summed E-state index contributed by atoms with van der Waals surface area (Å²) in [5, 5.41) is 3.97. The van der Waals surface area contributed by atoms with Gasteiger partial charge in [-0.15, -0.1) is 5.10 Å². The maximum Gasteiger partial charge on any atom is 0.379 e. The molecule has 0 N–H and O–H groups in total. The van der Waals surface area contributed by atoms with Crippen LogP contribution in [0.1, 0.15) is 23.2 Å². The Labute approximate surface area is 108 Å². The van der Waals surface area contributed by atoms with Gasteiger partial charge in [0.05, 0.1) is 7.11 Å². The molecule has 0 bridgehead atoms. The van der Waals surface area contributed by atoms with E-state index in [1.165, 1.54) is 18.5 Å². The van der Waals surface area contributed by atoms with Crippen LogP contribution in [0.3, 0.4) is 0 Å². The number of rotatable bonds is 3. The van der Waals surface area contributed by atoms with Crippen molar-refractivity contribution < 1.29 is 19.1 Å². The first kappa shape index (κ1) is 12.9. The minimum atomic E-state index is -1.02. The molecule has 0 aliphatic rings. The molecule has 1 unspecified atom stereocenters. The Kier molecular flexibility index (Phi) is 3.41. The number of hydrogen-bond acceptors (Lipinski definition) is 7. The van der Waals surface area contributed by atoms with Gasteiger partial charge in [-0.25, -0.2) is 19.1 Å². The summed E-state index contributed by atoms with van der Waals surface area (Å²) in [6.07, 6.45) is 0.545. The third-order valence-electron chi connectivity index (χ3n) is 2.43. The Hall–Kier alpha value is -2.51. The molecule has 0 aromatic carbocycles. The molecule has 0 aliphatic carbocycles. The molecule has 0 saturated heterocycles. The number of hydrogen-bond donors (Lipinski definition) is 0. The fourth-order valence-electron chi connectivity index (χ4n) is 1.42. The standard InChI is InChI=1S/C11H12N4O4/c1-6-4-5-12-11-13-8(14-15(6)11)10(17)19-7(2)9(16)18-3/h4-5,7H,1-3H3. The van der Waals surface area contributed by atoms with Crippen molar-refractivity contribution in [2.75, 3.05) is 7.11 Å². The maximum absolute atomic E-state index is 11.8. The predicted octanol–water partition coefficient (Wildman–Crippen LogP) is 0.151. The van der Waals surface area contributed by atoms with E-state index in [1.54, 1.807) is 19.2 Å². The minimum absolute atomic E-state index is 0.155. The third kappa shape index (κ3) is 2.51. The number of fused-ring (bicyclic) bond motifs is 1. The Morgan fingerprint density at radius 3 is 2.79 bits per heavy atom. The lowest BCUT2D eigenvalue weighted by molar-refractivity contribution is -0.149. The highest BCUT2D eigenvalue weighted by Gasteiger charge is 2.22. The Balaban J connectivity index is 2.22. The predicted molar refractivity (Wildman–Crippen MR) is 62.4 cm³/mol. The van der Waals surface area contributed by atoms with Crippen molar-refractivity contribution in [2.45, 2.75) is 20.0 Å². The van der Waals surface area contributed by atoms with Crippen molar-refractivity contribution in [3.8, 4) is 0 Å². The third-order valence-corrected chi connectivity index (χ3v) is 2.43. The maximum atomic E-state index is 11.8. The molecule has 2 aromatic rings. The molecule has 0 fully saturated rings. The van der Waals surface area contributed by atoms with Crippen molar-refractivity contribution in [2.24, 2.45) is 0 Å². The molecule has 0 amide bonds. The zero-order valence-electron chi connectivity index (χ0n) is 10.7. The smallest absolute Gasteiger partial charge is 0.379 e. The van der Waals surface area contributed by atoms with Gasteiger partial charge in [-0.2, -0.15) is 4.98 Å². The summed E-state index contributed by atoms with van der Waals surface area (Å²) in [7, 11) is 1.21. The van der Waals surface area contributed by atoms with Crippen molar-refractivity contribution in [1.29, 1.82) is 0 Å². The van der Waals surface area contributed by atoms with Crippen LogP contribution in [-0.2, 0) is 14.3 Å². The number of carbonyl (C=O) groups excluding carboxylic acids is 2. The van der Waals surface area contributed by atoms with E-state index < -0.39 is 18.0 Å². The van der Waals surface area contributed by atoms with Crippen molar-refractivity contribution in [1.82, 2.24) is 19.6 Å². The second-order valence-electron chi connectivity index (χ2n) is 3.80. The van der Waals surface area contributed by atoms with Gasteiger partial charge < -0.3 is 9.47 Å². The van der Waals surface area contributed by atoms with Crippen LogP contribution in [0.15, 0.2) is 12.3 Å². The molecule has 2 aromatic heterocycles. The second-order valence-corrected chi connectivity index (χ2v) is 3.80. The van der Waals surface area contributed by atoms with Gasteiger partial charge in [-0.3, -0.25) is 0 Å². The Morgan fingerprint density at radius 2 is 2.16 bits per heavy atom. The summed E-state index contributed by atoms with van der Waals surface area (Å²) in [5.41, 5.74) is 0.776. The summed E-state index contributed by atoms with van der Waals surface area (Å²) in [6.45, 7) is 3.21. The van der Waals surface area contributed by atoms with Gasteiger partial charge in [0.25, 0.3) is 11.6 Å². The quantitative estimate of drug-likeness (QED) is 0.728. The summed E-state index contributed by atoms with van der Waals surface area (Å²) in [4.78, 5) is 30.8. The van der Waals surface area contributed by atoms with Gasteiger partial charge in [0.1, 0.15) is 0 Å². The van der Waals surface area contributed by atoms with E-state index >= 15 is 0 Å². The molecular formula is C11H12N4O4. The van der Waals surface area contributed by atoms with E-state index in [-0.39, 0.29) is 11.6 Å². The topological polar surface area (TPSA) is 95.7 Å². The lowest BCUT2D eigenvalue weighted by atomic mass is 10.4. The molecule has 0 saturated carbocycles. The van der Waals surface area contributed by atoms with E-state index in [2.05, 4.69) is 19.8 Å². The van der Waals surface area contributed by atoms with Crippen LogP contribution in [0.5, 0.6) is 0 Å². The van der Waals surface area contributed by atoms with E-state index in [0.717, 1.165) is 5.69 Å². The largest absolute Gasteiger partial charge is 0.466 e. The fourth-order valence-corrected chi connectivity index (χ4v) is 1.42. The number of nitrogens with zero attached hydrogens (tertiary/aromatic N) is 4. The van der Waals surface area contributed by atoms with Crippen molar-refractivity contribution in [3.05, 3.63) is 23.8 Å². The molecule has 8 nitrogen and oxygen atoms in total. The normalized spacial score (nSPS) is 12.2. The van der Waals surface area contributed by atoms with E-state index in [4.69, 9.17) is 4.74 Å². The van der Waals surface area contributed by atoms with E-state index in [0.29, 0.717) is 0 Å². The van der Waals surface area contributed by atoms with Gasteiger partial charge in [0.15, 0.2) is 6.10 Å². The van der Waals surface area contributed by atoms with Crippen molar-refractivity contribution >= 4 is 17.7 Å². The van der Waals surface area contributed by atoms with Gasteiger partial charge in [-0.1, -0.05) is 0 Å². The van der Waals surface area contributed by atoms with Crippen LogP contribution in [-0.4, -0.2) is 44.7 Å². The molecule has 2 heterocycles. The van der Waals surface area contributed by atoms with Crippen LogP contribution >= 0.6 is 0 Å². The monoisotopic (exact) mass is 264 g/mol. The number of esters is 2. The highest BCUT2D eigenvalue weighted by Crippen LogP contribution is 2.05. The summed E-state index contributed by atoms with van der Waals surface area (Å²) < 4.78 is 10.7. The average molecular weight is 264 g/mol. The second kappa shape index (κ2) is 5.01. The molecule has 8 heteroatoms. The zero-order chi connectivity index (χ0) is 14.0. The van der Waals surface area contributed by atoms with Crippen LogP contribution in [0.4, 0.5) is 0 Å². The summed E-state index contributed by atoms with van der Waals surface area (Å²) in [5.74, 6) is -1.32. The summed E-state index contributed by atoms with van der Waals surface area (Å²) in [6, 6.07) is 1.73. The number of aryl methyl sites for hydroxylation is 1. The first-order chi connectivity index (χ1) is 9.02. The molecule has 100 valence electrons. The minimum Gasteiger partial charge on any atom is -0.466 e. The molecule has 0 aliphatic heterocycles. The number of carbonyl (C=O) groups is 2. The number of aromatic nitrogens is 4. The molecule has 1 atom stereocenters. The first-order valence-electron chi connectivity index (χ1n) is 5.50. The van der Waals surface area contributed by atoms with Gasteiger partial charge >= 0.3 is 11.9 Å². The average Bonchev–Trinajstić information content (AvgIpc) is 2.83. The highest BCUT2D eigenvalue weighted by atomic mass is 16.6. The van der Waals surface area contributed by atoms with E-state index in [9.17, 15) is 9.59 Å². The number of ether oxygens (including phenoxy) is 2. The Bertz CT molecular complexity index is 637. The lowest BCUT2D eigenvalue weighted by Gasteiger charge is -2.08. The van der Waals surface area contributed by atoms with Gasteiger partial charge in [0, 0.05) is 11.9 Å².